The minimum Gasteiger partial charge on any atom is -0.348 e. The van der Waals surface area contributed by atoms with Gasteiger partial charge in [-0.2, -0.15) is 0 Å². The van der Waals surface area contributed by atoms with Crippen LogP contribution in [0, 0.1) is 19.7 Å². The van der Waals surface area contributed by atoms with E-state index in [1.165, 1.54) is 12.1 Å². The summed E-state index contributed by atoms with van der Waals surface area (Å²) in [5.41, 5.74) is 2.25. The van der Waals surface area contributed by atoms with Gasteiger partial charge in [-0.15, -0.1) is 0 Å². The number of rotatable bonds is 3. The van der Waals surface area contributed by atoms with Gasteiger partial charge in [0.25, 0.3) is 5.91 Å². The lowest BCUT2D eigenvalue weighted by Gasteiger charge is -2.09. The Morgan fingerprint density at radius 2 is 1.67 bits per heavy atom. The minimum absolute atomic E-state index is 0.154. The summed E-state index contributed by atoms with van der Waals surface area (Å²) in [6.45, 7) is 3.67. The van der Waals surface area contributed by atoms with Crippen LogP contribution in [0.4, 0.5) is 4.39 Å². The predicted octanol–water partition coefficient (Wildman–Crippen LogP) is 4.07. The van der Waals surface area contributed by atoms with Gasteiger partial charge in [-0.3, -0.25) is 4.79 Å². The number of amides is 1. The lowest BCUT2D eigenvalue weighted by Crippen LogP contribution is -2.23. The molecular weight excluding hydrogens is 314 g/mol. The molecule has 2 aromatic rings. The number of nitrogens with one attached hydrogen (secondary N) is 1. The quantitative estimate of drug-likeness (QED) is 0.864. The molecule has 1 N–H and O–H groups in total. The highest BCUT2D eigenvalue weighted by Crippen LogP contribution is 2.16. The van der Waals surface area contributed by atoms with Gasteiger partial charge >= 0.3 is 0 Å². The molecule has 0 saturated carbocycles. The van der Waals surface area contributed by atoms with Gasteiger partial charge < -0.3 is 5.32 Å². The summed E-state index contributed by atoms with van der Waals surface area (Å²) in [5.74, 6) is -0.543. The molecule has 1 heterocycles. The monoisotopic (exact) mass is 326 g/mol. The first-order valence-electron chi connectivity index (χ1n) is 6.23. The van der Waals surface area contributed by atoms with E-state index >= 15 is 0 Å². The SMILES string of the molecule is Cc1cc(CNC(=O)c2cc(Cl)nc(Cl)c2)cc(C)c1F. The maximum atomic E-state index is 13.5. The van der Waals surface area contributed by atoms with E-state index in [0.717, 1.165) is 5.56 Å². The fourth-order valence-electron chi connectivity index (χ4n) is 2.02. The van der Waals surface area contributed by atoms with Gasteiger partial charge in [0.15, 0.2) is 0 Å². The molecule has 0 saturated heterocycles. The molecular formula is C15H13Cl2FN2O. The lowest BCUT2D eigenvalue weighted by atomic mass is 10.1. The largest absolute Gasteiger partial charge is 0.348 e. The first-order chi connectivity index (χ1) is 9.86. The maximum Gasteiger partial charge on any atom is 0.251 e. The van der Waals surface area contributed by atoms with E-state index in [4.69, 9.17) is 23.2 Å². The molecule has 1 aromatic carbocycles. The summed E-state index contributed by atoms with van der Waals surface area (Å²) >= 11 is 11.5. The number of aryl methyl sites for hydroxylation is 2. The molecule has 0 radical (unpaired) electrons. The molecule has 0 bridgehead atoms. The van der Waals surface area contributed by atoms with Crippen LogP contribution in [0.25, 0.3) is 0 Å². The number of nitrogens with zero attached hydrogens (tertiary/aromatic N) is 1. The normalized spacial score (nSPS) is 10.5. The van der Waals surface area contributed by atoms with E-state index in [1.807, 2.05) is 0 Å². The summed E-state index contributed by atoms with van der Waals surface area (Å²) in [5, 5.41) is 3.04. The molecule has 0 aliphatic carbocycles. The van der Waals surface area contributed by atoms with E-state index in [2.05, 4.69) is 10.3 Å². The fraction of sp³-hybridized carbons (Fsp3) is 0.200. The van der Waals surface area contributed by atoms with E-state index in [-0.39, 0.29) is 22.0 Å². The molecule has 6 heteroatoms. The number of hydrogen-bond donors (Lipinski definition) is 1. The average molecular weight is 327 g/mol. The summed E-state index contributed by atoms with van der Waals surface area (Å²) < 4.78 is 13.5. The number of halogens is 3. The number of hydrogen-bond acceptors (Lipinski definition) is 2. The third-order valence-electron chi connectivity index (χ3n) is 2.97. The van der Waals surface area contributed by atoms with Gasteiger partial charge in [0.1, 0.15) is 16.1 Å². The maximum absolute atomic E-state index is 13.5. The predicted molar refractivity (Wildman–Crippen MR) is 81.3 cm³/mol. The Hall–Kier alpha value is -1.65. The highest BCUT2D eigenvalue weighted by atomic mass is 35.5. The van der Waals surface area contributed by atoms with Crippen molar-refractivity contribution >= 4 is 29.1 Å². The van der Waals surface area contributed by atoms with E-state index < -0.39 is 0 Å². The smallest absolute Gasteiger partial charge is 0.251 e. The zero-order valence-corrected chi connectivity index (χ0v) is 13.0. The summed E-state index contributed by atoms with van der Waals surface area (Å²) in [6, 6.07) is 6.28. The molecule has 0 fully saturated rings. The van der Waals surface area contributed by atoms with Crippen LogP contribution in [0.15, 0.2) is 24.3 Å². The van der Waals surface area contributed by atoms with Crippen LogP contribution < -0.4 is 5.32 Å². The van der Waals surface area contributed by atoms with Crippen molar-refractivity contribution in [2.24, 2.45) is 0 Å². The van der Waals surface area contributed by atoms with Crippen molar-refractivity contribution < 1.29 is 9.18 Å². The molecule has 0 aliphatic rings. The zero-order valence-electron chi connectivity index (χ0n) is 11.5. The third kappa shape index (κ3) is 3.93. The Morgan fingerprint density at radius 3 is 2.19 bits per heavy atom. The molecule has 110 valence electrons. The Morgan fingerprint density at radius 1 is 1.14 bits per heavy atom. The second-order valence-corrected chi connectivity index (χ2v) is 5.50. The van der Waals surface area contributed by atoms with Gasteiger partial charge in [0, 0.05) is 12.1 Å². The van der Waals surface area contributed by atoms with Crippen molar-refractivity contribution in [3.63, 3.8) is 0 Å². The van der Waals surface area contributed by atoms with Crippen LogP contribution in [0.5, 0.6) is 0 Å². The van der Waals surface area contributed by atoms with Crippen LogP contribution in [0.3, 0.4) is 0 Å². The number of aromatic nitrogens is 1. The number of carbonyl (C=O) groups excluding carboxylic acids is 1. The first-order valence-corrected chi connectivity index (χ1v) is 6.99. The van der Waals surface area contributed by atoms with Gasteiger partial charge in [0.05, 0.1) is 0 Å². The van der Waals surface area contributed by atoms with Crippen molar-refractivity contribution in [1.82, 2.24) is 10.3 Å². The Kier molecular flexibility index (Phi) is 4.80. The van der Waals surface area contributed by atoms with E-state index in [1.54, 1.807) is 26.0 Å². The summed E-state index contributed by atoms with van der Waals surface area (Å²) in [7, 11) is 0. The molecule has 0 atom stereocenters. The Bertz CT molecular complexity index is 661. The van der Waals surface area contributed by atoms with Crippen molar-refractivity contribution in [2.45, 2.75) is 20.4 Å². The van der Waals surface area contributed by atoms with Crippen molar-refractivity contribution in [2.75, 3.05) is 0 Å². The molecule has 1 amide bonds. The van der Waals surface area contributed by atoms with Crippen LogP contribution in [0.2, 0.25) is 10.3 Å². The molecule has 2 rings (SSSR count). The van der Waals surface area contributed by atoms with Gasteiger partial charge in [0.2, 0.25) is 0 Å². The number of pyridine rings is 1. The van der Waals surface area contributed by atoms with E-state index in [9.17, 15) is 9.18 Å². The van der Waals surface area contributed by atoms with Crippen LogP contribution in [-0.4, -0.2) is 10.9 Å². The Balaban J connectivity index is 2.11. The first kappa shape index (κ1) is 15.7. The van der Waals surface area contributed by atoms with Crippen LogP contribution >= 0.6 is 23.2 Å². The molecule has 0 spiro atoms. The van der Waals surface area contributed by atoms with Crippen molar-refractivity contribution in [1.29, 1.82) is 0 Å². The van der Waals surface area contributed by atoms with Gasteiger partial charge in [-0.25, -0.2) is 9.37 Å². The van der Waals surface area contributed by atoms with E-state index in [0.29, 0.717) is 23.2 Å². The highest BCUT2D eigenvalue weighted by Gasteiger charge is 2.10. The van der Waals surface area contributed by atoms with Gasteiger partial charge in [-0.1, -0.05) is 35.3 Å². The van der Waals surface area contributed by atoms with Crippen molar-refractivity contribution in [3.8, 4) is 0 Å². The Labute approximate surface area is 132 Å². The highest BCUT2D eigenvalue weighted by molar-refractivity contribution is 6.33. The molecule has 21 heavy (non-hydrogen) atoms. The lowest BCUT2D eigenvalue weighted by molar-refractivity contribution is 0.0951. The summed E-state index contributed by atoms with van der Waals surface area (Å²) in [6.07, 6.45) is 0. The molecule has 0 aliphatic heterocycles. The van der Waals surface area contributed by atoms with Gasteiger partial charge in [-0.05, 0) is 42.7 Å². The molecule has 0 unspecified atom stereocenters. The average Bonchev–Trinajstić information content (AvgIpc) is 2.40. The second kappa shape index (κ2) is 6.41. The van der Waals surface area contributed by atoms with Crippen molar-refractivity contribution in [3.05, 3.63) is 62.6 Å². The number of carbonyl (C=O) groups is 1. The van der Waals surface area contributed by atoms with Crippen LogP contribution in [-0.2, 0) is 6.54 Å². The molecule has 1 aromatic heterocycles. The summed E-state index contributed by atoms with van der Waals surface area (Å²) in [4.78, 5) is 15.8. The zero-order chi connectivity index (χ0) is 15.6. The topological polar surface area (TPSA) is 42.0 Å². The fourth-order valence-corrected chi connectivity index (χ4v) is 2.48. The third-order valence-corrected chi connectivity index (χ3v) is 3.36. The van der Waals surface area contributed by atoms with Crippen LogP contribution in [0.1, 0.15) is 27.0 Å². The molecule has 3 nitrogen and oxygen atoms in total. The minimum atomic E-state index is -0.319. The standard InChI is InChI=1S/C15H13Cl2FN2O/c1-8-3-10(4-9(2)14(8)18)7-19-15(21)11-5-12(16)20-13(17)6-11/h3-6H,7H2,1-2H3,(H,19,21). The second-order valence-electron chi connectivity index (χ2n) is 4.73. The number of benzene rings is 1.